The van der Waals surface area contributed by atoms with Crippen molar-refractivity contribution in [2.45, 2.75) is 33.4 Å². The number of hydrogen-bond donors (Lipinski definition) is 1. The van der Waals surface area contributed by atoms with Gasteiger partial charge in [0.15, 0.2) is 5.78 Å². The molecule has 0 aliphatic carbocycles. The van der Waals surface area contributed by atoms with Crippen molar-refractivity contribution in [3.63, 3.8) is 0 Å². The standard InChI is InChI=1S/C21H20BrN5O2/c1-12-6-4-5-7-15(12)11-29-18-9-8-16(22)10-17(18)20-19(14(3)28)13(2)23-21-24-25-26-27(20)21/h4-10,20H,11H2,1-3H3,(H,23,24,26). The highest BCUT2D eigenvalue weighted by Gasteiger charge is 2.34. The maximum Gasteiger partial charge on any atom is 0.248 e. The number of ether oxygens (including phenoxy) is 1. The molecule has 0 fully saturated rings. The molecular weight excluding hydrogens is 434 g/mol. The maximum atomic E-state index is 12.5. The summed E-state index contributed by atoms with van der Waals surface area (Å²) in [7, 11) is 0. The number of halogens is 1. The SMILES string of the molecule is CC(=O)C1=C(C)Nc2nnnn2C1c1cc(Br)ccc1OCc1ccccc1C. The minimum absolute atomic E-state index is 0.0500. The molecule has 1 atom stereocenters. The van der Waals surface area contributed by atoms with Crippen LogP contribution in [-0.4, -0.2) is 26.0 Å². The van der Waals surface area contributed by atoms with E-state index >= 15 is 0 Å². The topological polar surface area (TPSA) is 81.9 Å². The Balaban J connectivity index is 1.79. The number of anilines is 1. The predicted molar refractivity (Wildman–Crippen MR) is 113 cm³/mol. The molecule has 0 saturated carbocycles. The first-order valence-electron chi connectivity index (χ1n) is 9.19. The summed E-state index contributed by atoms with van der Waals surface area (Å²) in [6, 6.07) is 13.4. The van der Waals surface area contributed by atoms with Crippen LogP contribution in [0.25, 0.3) is 0 Å². The van der Waals surface area contributed by atoms with Gasteiger partial charge in [0.1, 0.15) is 18.4 Å². The average molecular weight is 454 g/mol. The molecule has 0 saturated heterocycles. The molecule has 0 spiro atoms. The van der Waals surface area contributed by atoms with Crippen LogP contribution in [0.1, 0.15) is 36.6 Å². The van der Waals surface area contributed by atoms with Crippen molar-refractivity contribution in [3.8, 4) is 5.75 Å². The first kappa shape index (κ1) is 19.3. The monoisotopic (exact) mass is 453 g/mol. The van der Waals surface area contributed by atoms with Gasteiger partial charge in [0, 0.05) is 21.3 Å². The number of carbonyl (C=O) groups excluding carboxylic acids is 1. The highest BCUT2D eigenvalue weighted by molar-refractivity contribution is 9.10. The number of Topliss-reactive ketones (excluding diaryl/α,β-unsaturated/α-hetero) is 1. The van der Waals surface area contributed by atoms with E-state index in [9.17, 15) is 4.79 Å². The third-order valence-corrected chi connectivity index (χ3v) is 5.50. The van der Waals surface area contributed by atoms with Gasteiger partial charge in [-0.05, 0) is 60.5 Å². The van der Waals surface area contributed by atoms with Crippen LogP contribution in [0.2, 0.25) is 0 Å². The Morgan fingerprint density at radius 1 is 1.24 bits per heavy atom. The number of carbonyl (C=O) groups is 1. The lowest BCUT2D eigenvalue weighted by Gasteiger charge is -2.28. The van der Waals surface area contributed by atoms with E-state index in [-0.39, 0.29) is 5.78 Å². The quantitative estimate of drug-likeness (QED) is 0.623. The second-order valence-corrected chi connectivity index (χ2v) is 7.88. The molecule has 1 aliphatic rings. The number of aryl methyl sites for hydroxylation is 1. The molecule has 1 aromatic heterocycles. The highest BCUT2D eigenvalue weighted by Crippen LogP contribution is 2.40. The summed E-state index contributed by atoms with van der Waals surface area (Å²) < 4.78 is 8.71. The number of tetrazole rings is 1. The number of nitrogens with one attached hydrogen (secondary N) is 1. The van der Waals surface area contributed by atoms with Gasteiger partial charge < -0.3 is 10.1 Å². The van der Waals surface area contributed by atoms with Crippen LogP contribution in [0.15, 0.2) is 58.2 Å². The Morgan fingerprint density at radius 2 is 2.03 bits per heavy atom. The molecule has 1 N–H and O–H groups in total. The van der Waals surface area contributed by atoms with Crippen molar-refractivity contribution in [1.82, 2.24) is 20.2 Å². The molecule has 0 amide bonds. The van der Waals surface area contributed by atoms with Crippen molar-refractivity contribution in [3.05, 3.63) is 74.9 Å². The van der Waals surface area contributed by atoms with Crippen LogP contribution in [0.4, 0.5) is 5.95 Å². The molecule has 3 aromatic rings. The number of aromatic nitrogens is 4. The fourth-order valence-corrected chi connectivity index (χ4v) is 3.93. The Morgan fingerprint density at radius 3 is 2.79 bits per heavy atom. The van der Waals surface area contributed by atoms with Crippen molar-refractivity contribution < 1.29 is 9.53 Å². The number of ketones is 1. The van der Waals surface area contributed by atoms with Crippen LogP contribution in [-0.2, 0) is 11.4 Å². The number of allylic oxidation sites excluding steroid dienone is 2. The van der Waals surface area contributed by atoms with Crippen molar-refractivity contribution in [2.75, 3.05) is 5.32 Å². The molecule has 7 nitrogen and oxygen atoms in total. The van der Waals surface area contributed by atoms with E-state index in [1.165, 1.54) is 0 Å². The molecule has 148 valence electrons. The molecule has 1 aliphatic heterocycles. The smallest absolute Gasteiger partial charge is 0.248 e. The van der Waals surface area contributed by atoms with Crippen molar-refractivity contribution >= 4 is 27.7 Å². The Kier molecular flexibility index (Phi) is 5.19. The Bertz CT molecular complexity index is 1120. The Labute approximate surface area is 176 Å². The number of fused-ring (bicyclic) bond motifs is 1. The van der Waals surface area contributed by atoms with Gasteiger partial charge in [0.25, 0.3) is 0 Å². The van der Waals surface area contributed by atoms with Gasteiger partial charge in [-0.15, -0.1) is 0 Å². The molecule has 2 heterocycles. The summed E-state index contributed by atoms with van der Waals surface area (Å²) in [4.78, 5) is 12.5. The minimum atomic E-state index is -0.483. The number of rotatable bonds is 5. The van der Waals surface area contributed by atoms with E-state index in [1.807, 2.05) is 43.3 Å². The third-order valence-electron chi connectivity index (χ3n) is 5.00. The third kappa shape index (κ3) is 3.67. The molecule has 2 aromatic carbocycles. The molecule has 29 heavy (non-hydrogen) atoms. The molecule has 0 radical (unpaired) electrons. The second-order valence-electron chi connectivity index (χ2n) is 6.97. The van der Waals surface area contributed by atoms with Gasteiger partial charge in [-0.2, -0.15) is 4.68 Å². The molecule has 0 bridgehead atoms. The van der Waals surface area contributed by atoms with Crippen LogP contribution in [0.3, 0.4) is 0 Å². The first-order chi connectivity index (χ1) is 14.0. The van der Waals surface area contributed by atoms with Gasteiger partial charge in [0.05, 0.1) is 0 Å². The second kappa shape index (κ2) is 7.79. The Hall–Kier alpha value is -3.00. The first-order valence-corrected chi connectivity index (χ1v) is 9.98. The zero-order chi connectivity index (χ0) is 20.5. The van der Waals surface area contributed by atoms with E-state index in [1.54, 1.807) is 11.6 Å². The van der Waals surface area contributed by atoms with Gasteiger partial charge in [-0.1, -0.05) is 45.3 Å². The van der Waals surface area contributed by atoms with Gasteiger partial charge >= 0.3 is 0 Å². The van der Waals surface area contributed by atoms with Crippen LogP contribution in [0, 0.1) is 6.92 Å². The summed E-state index contributed by atoms with van der Waals surface area (Å²) in [5.74, 6) is 1.12. The van der Waals surface area contributed by atoms with Crippen LogP contribution >= 0.6 is 15.9 Å². The van der Waals surface area contributed by atoms with Crippen LogP contribution < -0.4 is 10.1 Å². The molecule has 1 unspecified atom stereocenters. The summed E-state index contributed by atoms with van der Waals surface area (Å²) in [6.07, 6.45) is 0. The lowest BCUT2D eigenvalue weighted by Crippen LogP contribution is -2.28. The average Bonchev–Trinajstić information content (AvgIpc) is 3.14. The van der Waals surface area contributed by atoms with Gasteiger partial charge in [-0.3, -0.25) is 4.79 Å². The molecule has 8 heteroatoms. The number of hydrogen-bond acceptors (Lipinski definition) is 6. The van der Waals surface area contributed by atoms with E-state index in [2.05, 4.69) is 49.8 Å². The van der Waals surface area contributed by atoms with Gasteiger partial charge in [0.2, 0.25) is 5.95 Å². The van der Waals surface area contributed by atoms with Gasteiger partial charge in [-0.25, -0.2) is 0 Å². The normalized spacial score (nSPS) is 15.7. The summed E-state index contributed by atoms with van der Waals surface area (Å²) in [5.41, 5.74) is 4.41. The van der Waals surface area contributed by atoms with E-state index < -0.39 is 6.04 Å². The predicted octanol–water partition coefficient (Wildman–Crippen LogP) is 4.20. The zero-order valence-electron chi connectivity index (χ0n) is 16.3. The molecule has 4 rings (SSSR count). The zero-order valence-corrected chi connectivity index (χ0v) is 17.9. The summed E-state index contributed by atoms with van der Waals surface area (Å²) in [5, 5.41) is 15.0. The fourth-order valence-electron chi connectivity index (χ4n) is 3.55. The largest absolute Gasteiger partial charge is 0.489 e. The summed E-state index contributed by atoms with van der Waals surface area (Å²) >= 11 is 3.54. The lowest BCUT2D eigenvalue weighted by molar-refractivity contribution is -0.114. The van der Waals surface area contributed by atoms with E-state index in [4.69, 9.17) is 4.74 Å². The fraction of sp³-hybridized carbons (Fsp3) is 0.238. The van der Waals surface area contributed by atoms with Crippen LogP contribution in [0.5, 0.6) is 5.75 Å². The molecular formula is C21H20BrN5O2. The van der Waals surface area contributed by atoms with E-state index in [0.717, 1.165) is 26.9 Å². The minimum Gasteiger partial charge on any atom is -0.489 e. The number of benzene rings is 2. The lowest BCUT2D eigenvalue weighted by atomic mass is 9.92. The highest BCUT2D eigenvalue weighted by atomic mass is 79.9. The number of nitrogens with zero attached hydrogens (tertiary/aromatic N) is 4. The van der Waals surface area contributed by atoms with E-state index in [0.29, 0.717) is 23.9 Å². The van der Waals surface area contributed by atoms with Crippen molar-refractivity contribution in [1.29, 1.82) is 0 Å². The van der Waals surface area contributed by atoms with Crippen molar-refractivity contribution in [2.24, 2.45) is 0 Å². The maximum absolute atomic E-state index is 12.5. The summed E-state index contributed by atoms with van der Waals surface area (Å²) in [6.45, 7) is 5.89.